The fraction of sp³-hybridized carbons (Fsp3) is 0.316. The van der Waals surface area contributed by atoms with E-state index in [4.69, 9.17) is 0 Å². The molecule has 0 aliphatic carbocycles. The Hall–Kier alpha value is -2.49. The van der Waals surface area contributed by atoms with E-state index >= 15 is 0 Å². The van der Waals surface area contributed by atoms with E-state index in [1.54, 1.807) is 29.4 Å². The Labute approximate surface area is 136 Å². The molecule has 4 nitrogen and oxygen atoms in total. The number of Topliss-reactive ketones (excluding diaryl/α,β-unsaturated/α-hetero) is 1. The largest absolute Gasteiger partial charge is 0.338 e. The third-order valence-corrected chi connectivity index (χ3v) is 4.32. The second kappa shape index (κ2) is 6.73. The summed E-state index contributed by atoms with van der Waals surface area (Å²) < 4.78 is 0. The number of ketones is 1. The SMILES string of the molecule is Cc1ccc(C(=O)C2CCCN(C(=O)c3cccnc3)C2)cc1. The smallest absolute Gasteiger partial charge is 0.255 e. The highest BCUT2D eigenvalue weighted by molar-refractivity contribution is 5.99. The van der Waals surface area contributed by atoms with Crippen molar-refractivity contribution in [3.05, 3.63) is 65.5 Å². The zero-order valence-electron chi connectivity index (χ0n) is 13.2. The maximum atomic E-state index is 12.7. The summed E-state index contributed by atoms with van der Waals surface area (Å²) in [4.78, 5) is 31.0. The van der Waals surface area contributed by atoms with Gasteiger partial charge in [-0.25, -0.2) is 0 Å². The molecule has 1 aromatic heterocycles. The Kier molecular flexibility index (Phi) is 4.51. The van der Waals surface area contributed by atoms with Crippen molar-refractivity contribution in [1.29, 1.82) is 0 Å². The van der Waals surface area contributed by atoms with Gasteiger partial charge in [0.15, 0.2) is 5.78 Å². The first-order valence-corrected chi connectivity index (χ1v) is 7.95. The number of aromatic nitrogens is 1. The molecule has 0 radical (unpaired) electrons. The first-order valence-electron chi connectivity index (χ1n) is 7.95. The standard InChI is InChI=1S/C19H20N2O2/c1-14-6-8-15(9-7-14)18(22)17-5-3-11-21(13-17)19(23)16-4-2-10-20-12-16/h2,4,6-10,12,17H,3,5,11,13H2,1H3. The van der Waals surface area contributed by atoms with Crippen LogP contribution < -0.4 is 0 Å². The van der Waals surface area contributed by atoms with Gasteiger partial charge in [-0.05, 0) is 31.9 Å². The molecule has 3 rings (SSSR count). The number of rotatable bonds is 3. The maximum absolute atomic E-state index is 12.7. The molecule has 0 saturated carbocycles. The van der Waals surface area contributed by atoms with Gasteiger partial charge in [-0.15, -0.1) is 0 Å². The van der Waals surface area contributed by atoms with E-state index in [1.165, 1.54) is 0 Å². The Bertz CT molecular complexity index is 695. The monoisotopic (exact) mass is 308 g/mol. The number of hydrogen-bond acceptors (Lipinski definition) is 3. The molecule has 1 amide bonds. The molecule has 1 aliphatic rings. The number of carbonyl (C=O) groups is 2. The molecular weight excluding hydrogens is 288 g/mol. The number of benzene rings is 1. The summed E-state index contributed by atoms with van der Waals surface area (Å²) in [5, 5.41) is 0. The van der Waals surface area contributed by atoms with Gasteiger partial charge in [0.1, 0.15) is 0 Å². The number of likely N-dealkylation sites (tertiary alicyclic amines) is 1. The molecule has 0 spiro atoms. The molecule has 1 aromatic carbocycles. The van der Waals surface area contributed by atoms with Crippen molar-refractivity contribution in [1.82, 2.24) is 9.88 Å². The van der Waals surface area contributed by atoms with Gasteiger partial charge in [0, 0.05) is 37.0 Å². The van der Waals surface area contributed by atoms with Crippen LogP contribution in [0, 0.1) is 12.8 Å². The fourth-order valence-corrected chi connectivity index (χ4v) is 3.00. The first kappa shape index (κ1) is 15.4. The third kappa shape index (κ3) is 3.47. The number of amides is 1. The summed E-state index contributed by atoms with van der Waals surface area (Å²) in [6, 6.07) is 11.2. The number of hydrogen-bond donors (Lipinski definition) is 0. The number of aryl methyl sites for hydroxylation is 1. The molecular formula is C19H20N2O2. The zero-order chi connectivity index (χ0) is 16.2. The number of piperidine rings is 1. The van der Waals surface area contributed by atoms with Crippen LogP contribution in [0.15, 0.2) is 48.8 Å². The van der Waals surface area contributed by atoms with Gasteiger partial charge in [-0.1, -0.05) is 29.8 Å². The molecule has 0 bridgehead atoms. The van der Waals surface area contributed by atoms with Gasteiger partial charge in [0.05, 0.1) is 5.56 Å². The van der Waals surface area contributed by atoms with Crippen molar-refractivity contribution in [3.8, 4) is 0 Å². The predicted octanol–water partition coefficient (Wildman–Crippen LogP) is 3.13. The molecule has 1 unspecified atom stereocenters. The molecule has 0 N–H and O–H groups in total. The van der Waals surface area contributed by atoms with Crippen LogP contribution in [-0.2, 0) is 0 Å². The second-order valence-corrected chi connectivity index (χ2v) is 6.06. The minimum atomic E-state index is -0.118. The fourth-order valence-electron chi connectivity index (χ4n) is 3.00. The molecule has 1 fully saturated rings. The summed E-state index contributed by atoms with van der Waals surface area (Å²) >= 11 is 0. The third-order valence-electron chi connectivity index (χ3n) is 4.32. The van der Waals surface area contributed by atoms with Gasteiger partial charge in [-0.3, -0.25) is 14.6 Å². The van der Waals surface area contributed by atoms with Gasteiger partial charge >= 0.3 is 0 Å². The quantitative estimate of drug-likeness (QED) is 0.819. The van der Waals surface area contributed by atoms with Crippen LogP contribution in [0.3, 0.4) is 0 Å². The maximum Gasteiger partial charge on any atom is 0.255 e. The van der Waals surface area contributed by atoms with Crippen LogP contribution in [0.25, 0.3) is 0 Å². The summed E-state index contributed by atoms with van der Waals surface area (Å²) in [5.74, 6) is -0.0275. The van der Waals surface area contributed by atoms with Gasteiger partial charge in [0.2, 0.25) is 0 Å². The Morgan fingerprint density at radius 2 is 1.91 bits per heavy atom. The number of pyridine rings is 1. The highest BCUT2D eigenvalue weighted by Crippen LogP contribution is 2.22. The van der Waals surface area contributed by atoms with Gasteiger partial charge < -0.3 is 4.90 Å². The predicted molar refractivity (Wildman–Crippen MR) is 88.4 cm³/mol. The van der Waals surface area contributed by atoms with E-state index in [0.29, 0.717) is 18.7 Å². The second-order valence-electron chi connectivity index (χ2n) is 6.06. The van der Waals surface area contributed by atoms with Crippen LogP contribution in [0.4, 0.5) is 0 Å². The first-order chi connectivity index (χ1) is 11.1. The van der Waals surface area contributed by atoms with Crippen molar-refractivity contribution >= 4 is 11.7 Å². The van der Waals surface area contributed by atoms with Crippen molar-refractivity contribution in [2.24, 2.45) is 5.92 Å². The normalized spacial score (nSPS) is 17.8. The van der Waals surface area contributed by atoms with E-state index in [9.17, 15) is 9.59 Å². The van der Waals surface area contributed by atoms with Crippen molar-refractivity contribution in [2.75, 3.05) is 13.1 Å². The Morgan fingerprint density at radius 3 is 2.61 bits per heavy atom. The topological polar surface area (TPSA) is 50.3 Å². The molecule has 1 saturated heterocycles. The van der Waals surface area contributed by atoms with E-state index in [2.05, 4.69) is 4.98 Å². The van der Waals surface area contributed by atoms with Crippen molar-refractivity contribution in [2.45, 2.75) is 19.8 Å². The summed E-state index contributed by atoms with van der Waals surface area (Å²) in [5.41, 5.74) is 2.45. The van der Waals surface area contributed by atoms with Crippen LogP contribution >= 0.6 is 0 Å². The lowest BCUT2D eigenvalue weighted by Gasteiger charge is -2.32. The number of nitrogens with zero attached hydrogens (tertiary/aromatic N) is 2. The van der Waals surface area contributed by atoms with E-state index < -0.39 is 0 Å². The molecule has 2 heterocycles. The van der Waals surface area contributed by atoms with Crippen LogP contribution in [0.5, 0.6) is 0 Å². The summed E-state index contributed by atoms with van der Waals surface area (Å²) in [6.45, 7) is 3.19. The van der Waals surface area contributed by atoms with Crippen LogP contribution in [0.2, 0.25) is 0 Å². The van der Waals surface area contributed by atoms with Crippen LogP contribution in [-0.4, -0.2) is 34.7 Å². The minimum absolute atomic E-state index is 0.0421. The Balaban J connectivity index is 1.72. The van der Waals surface area contributed by atoms with E-state index in [0.717, 1.165) is 24.0 Å². The van der Waals surface area contributed by atoms with Crippen molar-refractivity contribution in [3.63, 3.8) is 0 Å². The lowest BCUT2D eigenvalue weighted by Crippen LogP contribution is -2.42. The molecule has 1 atom stereocenters. The number of carbonyl (C=O) groups excluding carboxylic acids is 2. The lowest BCUT2D eigenvalue weighted by molar-refractivity contribution is 0.0636. The van der Waals surface area contributed by atoms with Crippen molar-refractivity contribution < 1.29 is 9.59 Å². The Morgan fingerprint density at radius 1 is 1.13 bits per heavy atom. The zero-order valence-corrected chi connectivity index (χ0v) is 13.2. The highest BCUT2D eigenvalue weighted by Gasteiger charge is 2.29. The van der Waals surface area contributed by atoms with E-state index in [-0.39, 0.29) is 17.6 Å². The van der Waals surface area contributed by atoms with Crippen LogP contribution in [0.1, 0.15) is 39.1 Å². The summed E-state index contributed by atoms with van der Waals surface area (Å²) in [6.07, 6.45) is 4.92. The molecule has 23 heavy (non-hydrogen) atoms. The minimum Gasteiger partial charge on any atom is -0.338 e. The van der Waals surface area contributed by atoms with Gasteiger partial charge in [-0.2, -0.15) is 0 Å². The van der Waals surface area contributed by atoms with Gasteiger partial charge in [0.25, 0.3) is 5.91 Å². The van der Waals surface area contributed by atoms with E-state index in [1.807, 2.05) is 31.2 Å². The summed E-state index contributed by atoms with van der Waals surface area (Å²) in [7, 11) is 0. The average molecular weight is 308 g/mol. The lowest BCUT2D eigenvalue weighted by atomic mass is 9.89. The highest BCUT2D eigenvalue weighted by atomic mass is 16.2. The molecule has 4 heteroatoms. The molecule has 2 aromatic rings. The molecule has 1 aliphatic heterocycles. The molecule has 118 valence electrons. The average Bonchev–Trinajstić information content (AvgIpc) is 2.62.